The van der Waals surface area contributed by atoms with Crippen molar-refractivity contribution in [3.8, 4) is 5.75 Å². The minimum absolute atomic E-state index is 0.0407. The summed E-state index contributed by atoms with van der Waals surface area (Å²) in [4.78, 5) is 21.9. The first-order valence-corrected chi connectivity index (χ1v) is 4.50. The molecule has 0 aromatic heterocycles. The normalized spacial score (nSPS) is 13.3. The SMILES string of the molecule is CC(=O)Nc1ccc2c(c1O)CC(=O)N2. The minimum Gasteiger partial charge on any atom is -0.505 e. The number of anilines is 2. The second-order valence-electron chi connectivity index (χ2n) is 3.39. The fourth-order valence-electron chi connectivity index (χ4n) is 1.58. The Labute approximate surface area is 86.1 Å². The highest BCUT2D eigenvalue weighted by Gasteiger charge is 2.22. The lowest BCUT2D eigenvalue weighted by atomic mass is 10.1. The van der Waals surface area contributed by atoms with E-state index in [0.717, 1.165) is 0 Å². The molecule has 78 valence electrons. The third-order valence-electron chi connectivity index (χ3n) is 2.20. The number of phenolic OH excluding ortho intramolecular Hbond substituents is 1. The smallest absolute Gasteiger partial charge is 0.229 e. The minimum atomic E-state index is -0.262. The van der Waals surface area contributed by atoms with Crippen LogP contribution in [0, 0.1) is 0 Å². The van der Waals surface area contributed by atoms with Crippen molar-refractivity contribution >= 4 is 23.2 Å². The number of phenols is 1. The third-order valence-corrected chi connectivity index (χ3v) is 2.20. The van der Waals surface area contributed by atoms with Crippen molar-refractivity contribution in [2.75, 3.05) is 10.6 Å². The Balaban J connectivity index is 2.42. The number of rotatable bonds is 1. The van der Waals surface area contributed by atoms with Crippen molar-refractivity contribution in [2.45, 2.75) is 13.3 Å². The molecule has 0 saturated heterocycles. The van der Waals surface area contributed by atoms with Crippen molar-refractivity contribution in [1.29, 1.82) is 0 Å². The topological polar surface area (TPSA) is 78.4 Å². The predicted molar refractivity (Wildman–Crippen MR) is 54.7 cm³/mol. The van der Waals surface area contributed by atoms with Crippen molar-refractivity contribution in [2.24, 2.45) is 0 Å². The molecular weight excluding hydrogens is 196 g/mol. The molecule has 0 saturated carbocycles. The Hall–Kier alpha value is -2.04. The summed E-state index contributed by atoms with van der Waals surface area (Å²) >= 11 is 0. The van der Waals surface area contributed by atoms with Crippen LogP contribution in [0.4, 0.5) is 11.4 Å². The van der Waals surface area contributed by atoms with Crippen molar-refractivity contribution < 1.29 is 14.7 Å². The molecule has 1 heterocycles. The van der Waals surface area contributed by atoms with Gasteiger partial charge >= 0.3 is 0 Å². The van der Waals surface area contributed by atoms with Gasteiger partial charge in [-0.1, -0.05) is 0 Å². The average molecular weight is 206 g/mol. The number of benzene rings is 1. The maximum Gasteiger partial charge on any atom is 0.229 e. The van der Waals surface area contributed by atoms with Crippen LogP contribution in [0.25, 0.3) is 0 Å². The molecule has 0 spiro atoms. The van der Waals surface area contributed by atoms with Gasteiger partial charge in [-0.25, -0.2) is 0 Å². The maximum absolute atomic E-state index is 11.1. The summed E-state index contributed by atoms with van der Waals surface area (Å²) in [6.07, 6.45) is 0.147. The van der Waals surface area contributed by atoms with Gasteiger partial charge in [0.2, 0.25) is 11.8 Å². The molecule has 3 N–H and O–H groups in total. The zero-order chi connectivity index (χ0) is 11.0. The van der Waals surface area contributed by atoms with Crippen LogP contribution in [-0.4, -0.2) is 16.9 Å². The molecule has 0 atom stereocenters. The molecule has 2 rings (SSSR count). The van der Waals surface area contributed by atoms with E-state index in [9.17, 15) is 14.7 Å². The summed E-state index contributed by atoms with van der Waals surface area (Å²) in [6, 6.07) is 3.21. The quantitative estimate of drug-likeness (QED) is 0.596. The fraction of sp³-hybridized carbons (Fsp3) is 0.200. The molecule has 0 fully saturated rings. The Bertz CT molecular complexity index is 454. The zero-order valence-electron chi connectivity index (χ0n) is 8.13. The zero-order valence-corrected chi connectivity index (χ0v) is 8.13. The second kappa shape index (κ2) is 3.27. The molecule has 1 aromatic rings. The highest BCUT2D eigenvalue weighted by molar-refractivity contribution is 6.02. The van der Waals surface area contributed by atoms with E-state index in [4.69, 9.17) is 0 Å². The highest BCUT2D eigenvalue weighted by Crippen LogP contribution is 2.36. The number of carbonyl (C=O) groups excluding carboxylic acids is 2. The van der Waals surface area contributed by atoms with Crippen molar-refractivity contribution in [3.05, 3.63) is 17.7 Å². The molecule has 0 bridgehead atoms. The van der Waals surface area contributed by atoms with Gasteiger partial charge in [-0.15, -0.1) is 0 Å². The number of hydrogen-bond donors (Lipinski definition) is 3. The summed E-state index contributed by atoms with van der Waals surface area (Å²) in [5, 5.41) is 14.9. The maximum atomic E-state index is 11.1. The lowest BCUT2D eigenvalue weighted by molar-refractivity contribution is -0.115. The summed E-state index contributed by atoms with van der Waals surface area (Å²) in [5.41, 5.74) is 1.47. The lowest BCUT2D eigenvalue weighted by Gasteiger charge is -2.08. The Kier molecular flexibility index (Phi) is 2.07. The van der Waals surface area contributed by atoms with Gasteiger partial charge in [0.1, 0.15) is 5.75 Å². The van der Waals surface area contributed by atoms with Crippen LogP contribution in [0.5, 0.6) is 5.75 Å². The first-order valence-electron chi connectivity index (χ1n) is 4.50. The van der Waals surface area contributed by atoms with Crippen LogP contribution < -0.4 is 10.6 Å². The van der Waals surface area contributed by atoms with E-state index in [0.29, 0.717) is 16.9 Å². The van der Waals surface area contributed by atoms with E-state index in [-0.39, 0.29) is 24.0 Å². The standard InChI is InChI=1S/C10H10N2O3/c1-5(13)11-8-3-2-7-6(10(8)15)4-9(14)12-7/h2-3,15H,4H2,1H3,(H,11,13)(H,12,14). The van der Waals surface area contributed by atoms with Gasteiger partial charge in [0, 0.05) is 18.2 Å². The number of aromatic hydroxyl groups is 1. The Morgan fingerprint density at radius 3 is 2.93 bits per heavy atom. The number of fused-ring (bicyclic) bond motifs is 1. The molecule has 0 radical (unpaired) electrons. The van der Waals surface area contributed by atoms with Gasteiger partial charge in [-0.2, -0.15) is 0 Å². The molecule has 1 aromatic carbocycles. The summed E-state index contributed by atoms with van der Waals surface area (Å²) in [7, 11) is 0. The molecule has 15 heavy (non-hydrogen) atoms. The molecule has 2 amide bonds. The molecular formula is C10H10N2O3. The molecule has 1 aliphatic rings. The molecule has 5 heteroatoms. The summed E-state index contributed by atoms with van der Waals surface area (Å²) < 4.78 is 0. The first kappa shape index (κ1) is 9.51. The summed E-state index contributed by atoms with van der Waals surface area (Å²) in [5.74, 6) is -0.455. The largest absolute Gasteiger partial charge is 0.505 e. The van der Waals surface area contributed by atoms with Crippen LogP contribution in [0.3, 0.4) is 0 Å². The molecule has 1 aliphatic heterocycles. The van der Waals surface area contributed by atoms with Crippen LogP contribution in [0.15, 0.2) is 12.1 Å². The van der Waals surface area contributed by atoms with Crippen LogP contribution >= 0.6 is 0 Å². The number of nitrogens with one attached hydrogen (secondary N) is 2. The van der Waals surface area contributed by atoms with Gasteiger partial charge < -0.3 is 15.7 Å². The molecule has 5 nitrogen and oxygen atoms in total. The van der Waals surface area contributed by atoms with E-state index >= 15 is 0 Å². The average Bonchev–Trinajstić information content (AvgIpc) is 2.51. The third kappa shape index (κ3) is 1.63. The van der Waals surface area contributed by atoms with Gasteiger partial charge in [0.25, 0.3) is 0 Å². The van der Waals surface area contributed by atoms with E-state index < -0.39 is 0 Å². The predicted octanol–water partition coefficient (Wildman–Crippen LogP) is 0.845. The highest BCUT2D eigenvalue weighted by atomic mass is 16.3. The van der Waals surface area contributed by atoms with Crippen molar-refractivity contribution in [1.82, 2.24) is 0 Å². The first-order chi connectivity index (χ1) is 7.08. The summed E-state index contributed by atoms with van der Waals surface area (Å²) in [6.45, 7) is 1.36. The Morgan fingerprint density at radius 2 is 2.27 bits per heavy atom. The van der Waals surface area contributed by atoms with Gasteiger partial charge in [-0.05, 0) is 12.1 Å². The van der Waals surface area contributed by atoms with Gasteiger partial charge in [0.15, 0.2) is 0 Å². The number of hydrogen-bond acceptors (Lipinski definition) is 3. The van der Waals surface area contributed by atoms with Gasteiger partial charge in [-0.3, -0.25) is 9.59 Å². The number of carbonyl (C=O) groups is 2. The van der Waals surface area contributed by atoms with Crippen molar-refractivity contribution in [3.63, 3.8) is 0 Å². The van der Waals surface area contributed by atoms with Crippen LogP contribution in [0.2, 0.25) is 0 Å². The Morgan fingerprint density at radius 1 is 1.53 bits per heavy atom. The van der Waals surface area contributed by atoms with E-state index in [1.165, 1.54) is 6.92 Å². The van der Waals surface area contributed by atoms with E-state index in [1.807, 2.05) is 0 Å². The monoisotopic (exact) mass is 206 g/mol. The van der Waals surface area contributed by atoms with Gasteiger partial charge in [0.05, 0.1) is 12.1 Å². The lowest BCUT2D eigenvalue weighted by Crippen LogP contribution is -2.06. The molecule has 0 unspecified atom stereocenters. The fourth-order valence-corrected chi connectivity index (χ4v) is 1.58. The molecule has 0 aliphatic carbocycles. The number of amides is 2. The van der Waals surface area contributed by atoms with Crippen LogP contribution in [0.1, 0.15) is 12.5 Å². The van der Waals surface area contributed by atoms with Crippen LogP contribution in [-0.2, 0) is 16.0 Å². The van der Waals surface area contributed by atoms with E-state index in [1.54, 1.807) is 12.1 Å². The second-order valence-corrected chi connectivity index (χ2v) is 3.39. The van der Waals surface area contributed by atoms with E-state index in [2.05, 4.69) is 10.6 Å².